The first-order valence-electron chi connectivity index (χ1n) is 6.98. The van der Waals surface area contributed by atoms with E-state index in [9.17, 15) is 4.79 Å². The average Bonchev–Trinajstić information content (AvgIpc) is 3.22. The van der Waals surface area contributed by atoms with Crippen LogP contribution in [0.25, 0.3) is 0 Å². The summed E-state index contributed by atoms with van der Waals surface area (Å²) in [5.74, 6) is 1.37. The van der Waals surface area contributed by atoms with Gasteiger partial charge in [-0.2, -0.15) is 0 Å². The van der Waals surface area contributed by atoms with Gasteiger partial charge in [-0.25, -0.2) is 0 Å². The van der Waals surface area contributed by atoms with Crippen LogP contribution >= 0.6 is 11.6 Å². The van der Waals surface area contributed by atoms with Crippen LogP contribution in [0.1, 0.15) is 36.0 Å². The van der Waals surface area contributed by atoms with Crippen LogP contribution in [0.3, 0.4) is 0 Å². The molecule has 0 atom stereocenters. The van der Waals surface area contributed by atoms with Crippen LogP contribution in [0.2, 0.25) is 5.02 Å². The first-order valence-corrected chi connectivity index (χ1v) is 7.36. The fourth-order valence-corrected chi connectivity index (χ4v) is 2.65. The normalized spacial score (nSPS) is 18.4. The highest BCUT2D eigenvalue weighted by Crippen LogP contribution is 2.35. The predicted molar refractivity (Wildman–Crippen MR) is 77.2 cm³/mol. The zero-order valence-electron chi connectivity index (χ0n) is 10.9. The number of carbonyl (C=O) groups is 1. The van der Waals surface area contributed by atoms with Crippen LogP contribution in [-0.4, -0.2) is 23.9 Å². The van der Waals surface area contributed by atoms with E-state index in [2.05, 4.69) is 0 Å². The molecule has 1 aromatic carbocycles. The molecular weight excluding hydrogens is 260 g/mol. The molecule has 0 heterocycles. The number of amides is 1. The number of halogens is 1. The third-order valence-electron chi connectivity index (χ3n) is 3.90. The van der Waals surface area contributed by atoms with E-state index in [1.807, 2.05) is 4.90 Å². The Hall–Kier alpha value is -1.22. The van der Waals surface area contributed by atoms with Crippen molar-refractivity contribution in [2.45, 2.75) is 25.7 Å². The molecule has 0 bridgehead atoms. The van der Waals surface area contributed by atoms with Gasteiger partial charge in [-0.05, 0) is 49.7 Å². The molecule has 3 nitrogen and oxygen atoms in total. The van der Waals surface area contributed by atoms with Gasteiger partial charge in [-0.3, -0.25) is 4.79 Å². The van der Waals surface area contributed by atoms with Gasteiger partial charge in [-0.1, -0.05) is 17.7 Å². The molecule has 0 radical (unpaired) electrons. The van der Waals surface area contributed by atoms with Gasteiger partial charge in [0, 0.05) is 18.8 Å². The Bertz CT molecular complexity index is 461. The third-order valence-corrected chi connectivity index (χ3v) is 4.21. The van der Waals surface area contributed by atoms with E-state index >= 15 is 0 Å². The van der Waals surface area contributed by atoms with Gasteiger partial charge in [-0.15, -0.1) is 0 Å². The Kier molecular flexibility index (Phi) is 3.40. The summed E-state index contributed by atoms with van der Waals surface area (Å²) < 4.78 is 0. The van der Waals surface area contributed by atoms with Crippen molar-refractivity contribution in [2.24, 2.45) is 11.8 Å². The van der Waals surface area contributed by atoms with Crippen molar-refractivity contribution in [1.82, 2.24) is 4.90 Å². The number of nitrogens with two attached hydrogens (primary N) is 1. The Balaban J connectivity index is 1.81. The number of hydrogen-bond donors (Lipinski definition) is 1. The highest BCUT2D eigenvalue weighted by atomic mass is 35.5. The minimum atomic E-state index is 0.00176. The third kappa shape index (κ3) is 3.03. The molecule has 0 spiro atoms. The summed E-state index contributed by atoms with van der Waals surface area (Å²) in [5, 5.41) is 0.460. The maximum Gasteiger partial charge on any atom is 0.257 e. The minimum absolute atomic E-state index is 0.00176. The molecule has 2 N–H and O–H groups in total. The summed E-state index contributed by atoms with van der Waals surface area (Å²) in [4.78, 5) is 14.6. The van der Waals surface area contributed by atoms with Gasteiger partial charge in [0.05, 0.1) is 10.6 Å². The number of hydrogen-bond acceptors (Lipinski definition) is 2. The molecule has 3 rings (SSSR count). The van der Waals surface area contributed by atoms with Gasteiger partial charge in [0.1, 0.15) is 0 Å². The molecule has 0 unspecified atom stereocenters. The van der Waals surface area contributed by atoms with Crippen LogP contribution in [0.5, 0.6) is 0 Å². The average molecular weight is 279 g/mol. The highest BCUT2D eigenvalue weighted by Gasteiger charge is 2.32. The number of nitrogens with zero attached hydrogens (tertiary/aromatic N) is 1. The van der Waals surface area contributed by atoms with Crippen LogP contribution in [-0.2, 0) is 0 Å². The van der Waals surface area contributed by atoms with Crippen molar-refractivity contribution in [3.63, 3.8) is 0 Å². The summed E-state index contributed by atoms with van der Waals surface area (Å²) in [6.45, 7) is 1.72. The van der Waals surface area contributed by atoms with E-state index in [4.69, 9.17) is 17.3 Å². The van der Waals surface area contributed by atoms with Crippen LogP contribution in [0.15, 0.2) is 18.2 Å². The maximum atomic E-state index is 12.7. The number of anilines is 1. The quantitative estimate of drug-likeness (QED) is 0.841. The predicted octanol–water partition coefficient (Wildman–Crippen LogP) is 3.18. The lowest BCUT2D eigenvalue weighted by atomic mass is 10.1. The standard InChI is InChI=1S/C15H19ClN2O/c16-12-2-1-3-13(17)14(12)15(19)18(8-10-4-5-10)9-11-6-7-11/h1-3,10-11H,4-9,17H2. The smallest absolute Gasteiger partial charge is 0.257 e. The zero-order valence-corrected chi connectivity index (χ0v) is 11.7. The molecule has 0 saturated heterocycles. The van der Waals surface area contributed by atoms with E-state index in [-0.39, 0.29) is 5.91 Å². The molecular formula is C15H19ClN2O. The molecule has 102 valence electrons. The maximum absolute atomic E-state index is 12.7. The second kappa shape index (κ2) is 5.04. The molecule has 2 fully saturated rings. The summed E-state index contributed by atoms with van der Waals surface area (Å²) in [5.41, 5.74) is 6.88. The van der Waals surface area contributed by atoms with E-state index < -0.39 is 0 Å². The van der Waals surface area contributed by atoms with Crippen LogP contribution in [0, 0.1) is 11.8 Å². The van der Waals surface area contributed by atoms with Crippen LogP contribution in [0.4, 0.5) is 5.69 Å². The second-order valence-electron chi connectivity index (χ2n) is 5.80. The van der Waals surface area contributed by atoms with Crippen molar-refractivity contribution < 1.29 is 4.79 Å². The lowest BCUT2D eigenvalue weighted by molar-refractivity contribution is 0.0741. The van der Waals surface area contributed by atoms with Crippen molar-refractivity contribution in [2.75, 3.05) is 18.8 Å². The Morgan fingerprint density at radius 3 is 2.26 bits per heavy atom. The summed E-state index contributed by atoms with van der Waals surface area (Å²) in [6, 6.07) is 5.25. The fourth-order valence-electron chi connectivity index (χ4n) is 2.39. The van der Waals surface area contributed by atoms with Gasteiger partial charge in [0.2, 0.25) is 0 Å². The SMILES string of the molecule is Nc1cccc(Cl)c1C(=O)N(CC1CC1)CC1CC1. The topological polar surface area (TPSA) is 46.3 Å². The van der Waals surface area contributed by atoms with Crippen molar-refractivity contribution in [3.05, 3.63) is 28.8 Å². The highest BCUT2D eigenvalue weighted by molar-refractivity contribution is 6.34. The first-order chi connectivity index (χ1) is 9.15. The number of nitrogen functional groups attached to an aromatic ring is 1. The van der Waals surface area contributed by atoms with Gasteiger partial charge in [0.25, 0.3) is 5.91 Å². The lowest BCUT2D eigenvalue weighted by Crippen LogP contribution is -2.35. The van der Waals surface area contributed by atoms with Crippen LogP contribution < -0.4 is 5.73 Å². The number of benzene rings is 1. The van der Waals surface area contributed by atoms with E-state index in [0.29, 0.717) is 28.1 Å². The van der Waals surface area contributed by atoms with E-state index in [1.54, 1.807) is 18.2 Å². The van der Waals surface area contributed by atoms with E-state index in [1.165, 1.54) is 25.7 Å². The van der Waals surface area contributed by atoms with Gasteiger partial charge < -0.3 is 10.6 Å². The molecule has 1 aromatic rings. The number of carbonyl (C=O) groups excluding carboxylic acids is 1. The first kappa shape index (κ1) is 12.8. The summed E-state index contributed by atoms with van der Waals surface area (Å²) >= 11 is 6.15. The fraction of sp³-hybridized carbons (Fsp3) is 0.533. The Morgan fingerprint density at radius 2 is 1.79 bits per heavy atom. The lowest BCUT2D eigenvalue weighted by Gasteiger charge is -2.24. The molecule has 2 aliphatic rings. The minimum Gasteiger partial charge on any atom is -0.398 e. The molecule has 2 aliphatic carbocycles. The molecule has 2 saturated carbocycles. The molecule has 0 aliphatic heterocycles. The molecule has 0 aromatic heterocycles. The number of rotatable bonds is 5. The summed E-state index contributed by atoms with van der Waals surface area (Å²) in [7, 11) is 0. The molecule has 1 amide bonds. The van der Waals surface area contributed by atoms with Gasteiger partial charge >= 0.3 is 0 Å². The monoisotopic (exact) mass is 278 g/mol. The Morgan fingerprint density at radius 1 is 1.21 bits per heavy atom. The Labute approximate surface area is 118 Å². The van der Waals surface area contributed by atoms with E-state index in [0.717, 1.165) is 13.1 Å². The zero-order chi connectivity index (χ0) is 13.4. The summed E-state index contributed by atoms with van der Waals surface area (Å²) in [6.07, 6.45) is 4.97. The van der Waals surface area contributed by atoms with Gasteiger partial charge in [0.15, 0.2) is 0 Å². The van der Waals surface area contributed by atoms with Crippen molar-refractivity contribution in [1.29, 1.82) is 0 Å². The molecule has 19 heavy (non-hydrogen) atoms. The second-order valence-corrected chi connectivity index (χ2v) is 6.21. The molecule has 4 heteroatoms. The van der Waals surface area contributed by atoms with Crippen molar-refractivity contribution >= 4 is 23.2 Å². The van der Waals surface area contributed by atoms with Crippen molar-refractivity contribution in [3.8, 4) is 0 Å². The largest absolute Gasteiger partial charge is 0.398 e.